The summed E-state index contributed by atoms with van der Waals surface area (Å²) in [7, 11) is 0. The molecule has 2 heterocycles. The molecular formula is C19H26FN5O4S. The minimum absolute atomic E-state index is 0.156. The van der Waals surface area contributed by atoms with E-state index in [2.05, 4.69) is 16.0 Å². The number of halogens is 1. The number of morpholine rings is 1. The largest absolute Gasteiger partial charge is 0.442 e. The second-order valence-electron chi connectivity index (χ2n) is 6.98. The van der Waals surface area contributed by atoms with Crippen LogP contribution in [0.3, 0.4) is 0 Å². The summed E-state index contributed by atoms with van der Waals surface area (Å²) in [4.78, 5) is 27.8. The van der Waals surface area contributed by atoms with Crippen molar-refractivity contribution >= 4 is 40.7 Å². The Morgan fingerprint density at radius 2 is 2.03 bits per heavy atom. The van der Waals surface area contributed by atoms with Crippen LogP contribution in [0.2, 0.25) is 0 Å². The molecular weight excluding hydrogens is 413 g/mol. The Morgan fingerprint density at radius 3 is 2.73 bits per heavy atom. The maximum atomic E-state index is 14.5. The Bertz CT molecular complexity index is 790. The zero-order valence-corrected chi connectivity index (χ0v) is 17.6. The van der Waals surface area contributed by atoms with Gasteiger partial charge in [-0.2, -0.15) is 0 Å². The number of cyclic esters (lactones) is 1. The summed E-state index contributed by atoms with van der Waals surface area (Å²) in [6, 6.07) is 4.35. The first-order valence-electron chi connectivity index (χ1n) is 9.80. The van der Waals surface area contributed by atoms with Gasteiger partial charge in [0.2, 0.25) is 0 Å². The Kier molecular flexibility index (Phi) is 7.63. The van der Waals surface area contributed by atoms with Gasteiger partial charge in [-0.15, -0.1) is 0 Å². The molecule has 30 heavy (non-hydrogen) atoms. The summed E-state index contributed by atoms with van der Waals surface area (Å²) in [5, 5.41) is 8.70. The van der Waals surface area contributed by atoms with E-state index in [4.69, 9.17) is 21.7 Å². The van der Waals surface area contributed by atoms with Crippen molar-refractivity contribution in [2.75, 3.05) is 62.7 Å². The molecule has 1 aromatic rings. The number of hydrogen-bond acceptors (Lipinski definition) is 6. The molecule has 3 rings (SSSR count). The van der Waals surface area contributed by atoms with Crippen LogP contribution >= 0.6 is 12.2 Å². The number of amides is 3. The fourth-order valence-corrected chi connectivity index (χ4v) is 3.24. The van der Waals surface area contributed by atoms with E-state index in [0.29, 0.717) is 68.8 Å². The summed E-state index contributed by atoms with van der Waals surface area (Å²) in [6.07, 6.45) is -0.874. The molecule has 0 aliphatic carbocycles. The molecule has 0 saturated carbocycles. The van der Waals surface area contributed by atoms with Gasteiger partial charge in [0, 0.05) is 26.2 Å². The number of benzene rings is 1. The summed E-state index contributed by atoms with van der Waals surface area (Å²) < 4.78 is 25.0. The lowest BCUT2D eigenvalue weighted by Gasteiger charge is -2.27. The van der Waals surface area contributed by atoms with E-state index in [9.17, 15) is 14.0 Å². The molecule has 0 bridgehead atoms. The topological polar surface area (TPSA) is 95.2 Å². The van der Waals surface area contributed by atoms with Crippen LogP contribution < -0.4 is 20.9 Å². The van der Waals surface area contributed by atoms with Crippen molar-refractivity contribution in [3.63, 3.8) is 0 Å². The third-order valence-electron chi connectivity index (χ3n) is 4.73. The second-order valence-corrected chi connectivity index (χ2v) is 7.59. The van der Waals surface area contributed by atoms with Crippen molar-refractivity contribution in [3.8, 4) is 0 Å². The predicted molar refractivity (Wildman–Crippen MR) is 115 cm³/mol. The van der Waals surface area contributed by atoms with Gasteiger partial charge in [-0.1, -0.05) is 12.2 Å². The highest BCUT2D eigenvalue weighted by Crippen LogP contribution is 2.25. The number of nitrogens with one attached hydrogen (secondary N) is 3. The molecule has 0 radical (unpaired) electrons. The SMILES string of the molecule is CC(=S)NC[C@H]1CN(c2ccc(NCCNC(=O)N3CCOCC3)c(F)c2)C(=O)O1. The van der Waals surface area contributed by atoms with Gasteiger partial charge < -0.3 is 30.3 Å². The fourth-order valence-electron chi connectivity index (χ4n) is 3.16. The monoisotopic (exact) mass is 439 g/mol. The summed E-state index contributed by atoms with van der Waals surface area (Å²) in [5.74, 6) is -0.490. The van der Waals surface area contributed by atoms with Crippen LogP contribution in [0.4, 0.5) is 25.4 Å². The highest BCUT2D eigenvalue weighted by atomic mass is 32.1. The number of carbonyl (C=O) groups excluding carboxylic acids is 2. The molecule has 1 atom stereocenters. The summed E-state index contributed by atoms with van der Waals surface area (Å²) in [5.41, 5.74) is 0.715. The third-order valence-corrected chi connectivity index (χ3v) is 4.88. The Balaban J connectivity index is 1.46. The van der Waals surface area contributed by atoms with E-state index in [1.165, 1.54) is 11.0 Å². The molecule has 0 aromatic heterocycles. The third kappa shape index (κ3) is 5.92. The molecule has 9 nitrogen and oxygen atoms in total. The van der Waals surface area contributed by atoms with Gasteiger partial charge in [0.25, 0.3) is 0 Å². The molecule has 1 aromatic carbocycles. The van der Waals surface area contributed by atoms with Gasteiger partial charge in [0.05, 0.1) is 42.7 Å². The zero-order chi connectivity index (χ0) is 21.5. The van der Waals surface area contributed by atoms with Gasteiger partial charge >= 0.3 is 12.1 Å². The summed E-state index contributed by atoms with van der Waals surface area (Å²) >= 11 is 4.95. The van der Waals surface area contributed by atoms with E-state index in [1.807, 2.05) is 0 Å². The van der Waals surface area contributed by atoms with Crippen LogP contribution in [0.15, 0.2) is 18.2 Å². The number of carbonyl (C=O) groups is 2. The Hall–Kier alpha value is -2.66. The first-order valence-corrected chi connectivity index (χ1v) is 10.2. The first kappa shape index (κ1) is 22.0. The molecule has 2 saturated heterocycles. The van der Waals surface area contributed by atoms with Crippen LogP contribution in [0, 0.1) is 5.82 Å². The maximum Gasteiger partial charge on any atom is 0.414 e. The average molecular weight is 440 g/mol. The van der Waals surface area contributed by atoms with Crippen LogP contribution in [-0.4, -0.2) is 80.6 Å². The van der Waals surface area contributed by atoms with Crippen molar-refractivity contribution in [3.05, 3.63) is 24.0 Å². The van der Waals surface area contributed by atoms with Gasteiger partial charge in [-0.25, -0.2) is 14.0 Å². The molecule has 2 fully saturated rings. The Labute approximate surface area is 179 Å². The first-order chi connectivity index (χ1) is 14.4. The number of thiocarbonyl (C=S) groups is 1. The average Bonchev–Trinajstić information content (AvgIpc) is 3.11. The van der Waals surface area contributed by atoms with Gasteiger partial charge in [0.1, 0.15) is 11.9 Å². The number of urea groups is 1. The minimum Gasteiger partial charge on any atom is -0.442 e. The molecule has 164 valence electrons. The van der Waals surface area contributed by atoms with E-state index < -0.39 is 11.9 Å². The van der Waals surface area contributed by atoms with E-state index >= 15 is 0 Å². The minimum atomic E-state index is -0.519. The molecule has 3 N–H and O–H groups in total. The predicted octanol–water partition coefficient (Wildman–Crippen LogP) is 1.54. The van der Waals surface area contributed by atoms with E-state index in [-0.39, 0.29) is 12.1 Å². The van der Waals surface area contributed by atoms with Crippen LogP contribution in [0.25, 0.3) is 0 Å². The van der Waals surface area contributed by atoms with Gasteiger partial charge in [-0.05, 0) is 25.1 Å². The number of ether oxygens (including phenoxy) is 2. The Morgan fingerprint density at radius 1 is 1.27 bits per heavy atom. The standard InChI is InChI=1S/C19H26FN5O4S/c1-13(30)23-11-15-12-25(19(27)29-15)14-2-3-17(16(20)10-14)21-4-5-22-18(26)24-6-8-28-9-7-24/h2-3,10,15,21H,4-9,11-12H2,1H3,(H,22,26)(H,23,30)/t15-/m0/s1. The lowest BCUT2D eigenvalue weighted by Crippen LogP contribution is -2.47. The lowest BCUT2D eigenvalue weighted by atomic mass is 10.2. The second kappa shape index (κ2) is 10.4. The van der Waals surface area contributed by atoms with Gasteiger partial charge in [0.15, 0.2) is 0 Å². The van der Waals surface area contributed by atoms with Crippen molar-refractivity contribution < 1.29 is 23.5 Å². The van der Waals surface area contributed by atoms with Gasteiger partial charge in [-0.3, -0.25) is 4.90 Å². The zero-order valence-electron chi connectivity index (χ0n) is 16.8. The molecule has 2 aliphatic rings. The highest BCUT2D eigenvalue weighted by Gasteiger charge is 2.32. The van der Waals surface area contributed by atoms with Crippen molar-refractivity contribution in [2.45, 2.75) is 13.0 Å². The molecule has 0 spiro atoms. The molecule has 2 aliphatic heterocycles. The smallest absolute Gasteiger partial charge is 0.414 e. The molecule has 3 amide bonds. The van der Waals surface area contributed by atoms with E-state index in [0.717, 1.165) is 0 Å². The van der Waals surface area contributed by atoms with Crippen LogP contribution in [-0.2, 0) is 9.47 Å². The number of hydrogen-bond donors (Lipinski definition) is 3. The van der Waals surface area contributed by atoms with Crippen LogP contribution in [0.1, 0.15) is 6.92 Å². The number of anilines is 2. The number of nitrogens with zero attached hydrogens (tertiary/aromatic N) is 2. The van der Waals surface area contributed by atoms with Crippen LogP contribution in [0.5, 0.6) is 0 Å². The van der Waals surface area contributed by atoms with Crippen molar-refractivity contribution in [1.29, 1.82) is 0 Å². The maximum absolute atomic E-state index is 14.5. The highest BCUT2D eigenvalue weighted by molar-refractivity contribution is 7.80. The molecule has 0 unspecified atom stereocenters. The molecule has 11 heteroatoms. The van der Waals surface area contributed by atoms with Crippen molar-refractivity contribution in [1.82, 2.24) is 15.5 Å². The van der Waals surface area contributed by atoms with E-state index in [1.54, 1.807) is 24.0 Å². The number of rotatable bonds is 7. The quantitative estimate of drug-likeness (QED) is 0.438. The summed E-state index contributed by atoms with van der Waals surface area (Å²) in [6.45, 7) is 5.40. The normalized spacial score (nSPS) is 18.7. The van der Waals surface area contributed by atoms with Crippen molar-refractivity contribution in [2.24, 2.45) is 0 Å². The fraction of sp³-hybridized carbons (Fsp3) is 0.526. The lowest BCUT2D eigenvalue weighted by molar-refractivity contribution is 0.0533.